The Labute approximate surface area is 186 Å². The van der Waals surface area contributed by atoms with Crippen molar-refractivity contribution in [1.29, 1.82) is 0 Å². The summed E-state index contributed by atoms with van der Waals surface area (Å²) >= 11 is 3.46. The number of rotatable bonds is 5. The molecule has 4 rings (SSSR count). The molecule has 0 radical (unpaired) electrons. The highest BCUT2D eigenvalue weighted by Gasteiger charge is 2.29. The fourth-order valence-corrected chi connectivity index (χ4v) is 4.45. The van der Waals surface area contributed by atoms with Crippen molar-refractivity contribution < 1.29 is 9.53 Å². The second-order valence-corrected chi connectivity index (χ2v) is 8.31. The molecule has 0 spiro atoms. The van der Waals surface area contributed by atoms with Crippen molar-refractivity contribution in [2.24, 2.45) is 0 Å². The van der Waals surface area contributed by atoms with E-state index >= 15 is 0 Å². The van der Waals surface area contributed by atoms with Gasteiger partial charge in [-0.05, 0) is 29.3 Å². The van der Waals surface area contributed by atoms with E-state index in [0.717, 1.165) is 17.6 Å². The molecule has 0 atom stereocenters. The topological polar surface area (TPSA) is 32.8 Å². The number of benzene rings is 3. The van der Waals surface area contributed by atoms with Gasteiger partial charge in [0.25, 0.3) is 5.91 Å². The molecule has 1 fully saturated rings. The van der Waals surface area contributed by atoms with E-state index < -0.39 is 0 Å². The van der Waals surface area contributed by atoms with Crippen molar-refractivity contribution in [3.63, 3.8) is 0 Å². The van der Waals surface area contributed by atoms with Crippen molar-refractivity contribution in [3.05, 3.63) is 100 Å². The zero-order valence-corrected chi connectivity index (χ0v) is 18.6. The number of carbonyl (C=O) groups excluding carboxylic acids is 1. The molecule has 4 nitrogen and oxygen atoms in total. The standard InChI is InChI=1S/C25H25BrN2O2/c1-30-23-13-12-21(26)18-22(23)25(29)28-16-14-27(15-17-28)24(19-8-4-2-5-9-19)20-10-6-3-7-11-20/h2-13,18,24H,14-17H2,1H3. The van der Waals surface area contributed by atoms with E-state index in [2.05, 4.69) is 69.4 Å². The zero-order valence-electron chi connectivity index (χ0n) is 17.0. The quantitative estimate of drug-likeness (QED) is 0.532. The molecule has 0 bridgehead atoms. The number of methoxy groups -OCH3 is 1. The van der Waals surface area contributed by atoms with E-state index in [4.69, 9.17) is 4.74 Å². The normalized spacial score (nSPS) is 14.7. The minimum Gasteiger partial charge on any atom is -0.496 e. The Hall–Kier alpha value is -2.63. The smallest absolute Gasteiger partial charge is 0.257 e. The van der Waals surface area contributed by atoms with Crippen LogP contribution in [0.25, 0.3) is 0 Å². The first kappa shape index (κ1) is 20.6. The van der Waals surface area contributed by atoms with E-state index in [9.17, 15) is 4.79 Å². The van der Waals surface area contributed by atoms with E-state index in [0.29, 0.717) is 24.4 Å². The monoisotopic (exact) mass is 464 g/mol. The maximum Gasteiger partial charge on any atom is 0.257 e. The lowest BCUT2D eigenvalue weighted by molar-refractivity contribution is 0.0594. The van der Waals surface area contributed by atoms with Gasteiger partial charge in [-0.1, -0.05) is 76.6 Å². The maximum absolute atomic E-state index is 13.2. The summed E-state index contributed by atoms with van der Waals surface area (Å²) in [6, 6.07) is 26.9. The van der Waals surface area contributed by atoms with Crippen molar-refractivity contribution in [3.8, 4) is 5.75 Å². The van der Waals surface area contributed by atoms with Crippen LogP contribution in [0.1, 0.15) is 27.5 Å². The number of halogens is 1. The van der Waals surface area contributed by atoms with Gasteiger partial charge in [-0.25, -0.2) is 0 Å². The van der Waals surface area contributed by atoms with Crippen LogP contribution in [-0.2, 0) is 0 Å². The van der Waals surface area contributed by atoms with Crippen molar-refractivity contribution in [2.75, 3.05) is 33.3 Å². The van der Waals surface area contributed by atoms with E-state index in [1.165, 1.54) is 11.1 Å². The van der Waals surface area contributed by atoms with Crippen LogP contribution in [0.3, 0.4) is 0 Å². The summed E-state index contributed by atoms with van der Waals surface area (Å²) in [7, 11) is 1.60. The van der Waals surface area contributed by atoms with Gasteiger partial charge in [0, 0.05) is 30.7 Å². The Morgan fingerprint density at radius 1 is 0.867 bits per heavy atom. The lowest BCUT2D eigenvalue weighted by Gasteiger charge is -2.40. The molecule has 3 aromatic carbocycles. The Balaban J connectivity index is 1.53. The Morgan fingerprint density at radius 2 is 1.43 bits per heavy atom. The number of piperazine rings is 1. The van der Waals surface area contributed by atoms with Gasteiger partial charge in [0.2, 0.25) is 0 Å². The first-order valence-corrected chi connectivity index (χ1v) is 10.9. The summed E-state index contributed by atoms with van der Waals surface area (Å²) in [4.78, 5) is 17.5. The fourth-order valence-electron chi connectivity index (χ4n) is 4.09. The average Bonchev–Trinajstić information content (AvgIpc) is 2.81. The molecule has 30 heavy (non-hydrogen) atoms. The van der Waals surface area contributed by atoms with Gasteiger partial charge in [0.05, 0.1) is 18.7 Å². The maximum atomic E-state index is 13.2. The van der Waals surface area contributed by atoms with Crippen LogP contribution < -0.4 is 4.74 Å². The highest BCUT2D eigenvalue weighted by atomic mass is 79.9. The average molecular weight is 465 g/mol. The third-order valence-electron chi connectivity index (χ3n) is 5.59. The summed E-state index contributed by atoms with van der Waals surface area (Å²) in [6.07, 6.45) is 0. The highest BCUT2D eigenvalue weighted by molar-refractivity contribution is 9.10. The van der Waals surface area contributed by atoms with Crippen LogP contribution in [-0.4, -0.2) is 49.0 Å². The Morgan fingerprint density at radius 3 is 1.97 bits per heavy atom. The molecule has 0 aliphatic carbocycles. The van der Waals surface area contributed by atoms with Gasteiger partial charge >= 0.3 is 0 Å². The predicted molar refractivity (Wildman–Crippen MR) is 123 cm³/mol. The molecular weight excluding hydrogens is 440 g/mol. The van der Waals surface area contributed by atoms with Crippen LogP contribution >= 0.6 is 15.9 Å². The first-order chi connectivity index (χ1) is 14.7. The largest absolute Gasteiger partial charge is 0.496 e. The molecule has 3 aromatic rings. The molecule has 0 saturated carbocycles. The summed E-state index contributed by atoms with van der Waals surface area (Å²) < 4.78 is 6.28. The molecule has 5 heteroatoms. The number of nitrogens with zero attached hydrogens (tertiary/aromatic N) is 2. The molecule has 0 N–H and O–H groups in total. The summed E-state index contributed by atoms with van der Waals surface area (Å²) in [5.41, 5.74) is 3.15. The summed E-state index contributed by atoms with van der Waals surface area (Å²) in [5, 5.41) is 0. The SMILES string of the molecule is COc1ccc(Br)cc1C(=O)N1CCN(C(c2ccccc2)c2ccccc2)CC1. The number of carbonyl (C=O) groups is 1. The van der Waals surface area contributed by atoms with Crippen LogP contribution in [0.4, 0.5) is 0 Å². The highest BCUT2D eigenvalue weighted by Crippen LogP contribution is 2.30. The second-order valence-electron chi connectivity index (χ2n) is 7.40. The predicted octanol–water partition coefficient (Wildman–Crippen LogP) is 5.01. The van der Waals surface area contributed by atoms with Gasteiger partial charge in [-0.2, -0.15) is 0 Å². The lowest BCUT2D eigenvalue weighted by Crippen LogP contribution is -2.49. The second kappa shape index (κ2) is 9.45. The number of hydrogen-bond donors (Lipinski definition) is 0. The third-order valence-corrected chi connectivity index (χ3v) is 6.08. The summed E-state index contributed by atoms with van der Waals surface area (Å²) in [6.45, 7) is 3.00. The van der Waals surface area contributed by atoms with Crippen molar-refractivity contribution in [1.82, 2.24) is 9.80 Å². The minimum absolute atomic E-state index is 0.0174. The molecule has 1 aliphatic heterocycles. The van der Waals surface area contributed by atoms with Gasteiger partial charge in [0.1, 0.15) is 5.75 Å². The molecule has 0 aromatic heterocycles. The van der Waals surface area contributed by atoms with Crippen LogP contribution in [0.2, 0.25) is 0 Å². The molecule has 0 unspecified atom stereocenters. The summed E-state index contributed by atoms with van der Waals surface area (Å²) in [5.74, 6) is 0.626. The van der Waals surface area contributed by atoms with Gasteiger partial charge in [0.15, 0.2) is 0 Å². The van der Waals surface area contributed by atoms with Crippen LogP contribution in [0.5, 0.6) is 5.75 Å². The molecular formula is C25H25BrN2O2. The van der Waals surface area contributed by atoms with Crippen LogP contribution in [0.15, 0.2) is 83.3 Å². The fraction of sp³-hybridized carbons (Fsp3) is 0.240. The molecule has 1 saturated heterocycles. The van der Waals surface area contributed by atoms with Crippen molar-refractivity contribution in [2.45, 2.75) is 6.04 Å². The zero-order chi connectivity index (χ0) is 20.9. The van der Waals surface area contributed by atoms with Gasteiger partial charge < -0.3 is 9.64 Å². The third kappa shape index (κ3) is 4.42. The van der Waals surface area contributed by atoms with E-state index in [1.54, 1.807) is 7.11 Å². The lowest BCUT2D eigenvalue weighted by atomic mass is 9.96. The minimum atomic E-state index is 0.0174. The number of ether oxygens (including phenoxy) is 1. The number of hydrogen-bond acceptors (Lipinski definition) is 3. The van der Waals surface area contributed by atoms with Crippen molar-refractivity contribution >= 4 is 21.8 Å². The Bertz CT molecular complexity index is 947. The van der Waals surface area contributed by atoms with Crippen LogP contribution in [0, 0.1) is 0 Å². The molecule has 1 heterocycles. The molecule has 1 amide bonds. The Kier molecular flexibility index (Phi) is 6.50. The van der Waals surface area contributed by atoms with E-state index in [1.807, 2.05) is 35.2 Å². The van der Waals surface area contributed by atoms with E-state index in [-0.39, 0.29) is 11.9 Å². The first-order valence-electron chi connectivity index (χ1n) is 10.1. The van der Waals surface area contributed by atoms with Gasteiger partial charge in [-0.3, -0.25) is 9.69 Å². The van der Waals surface area contributed by atoms with Gasteiger partial charge in [-0.15, -0.1) is 0 Å². The molecule has 1 aliphatic rings. The number of amides is 1. The molecule has 154 valence electrons.